The molecular weight excluding hydrogens is 208 g/mol. The predicted octanol–water partition coefficient (Wildman–Crippen LogP) is 3.45. The van der Waals surface area contributed by atoms with Crippen LogP contribution in [0.5, 0.6) is 0 Å². The average Bonchev–Trinajstić information content (AvgIpc) is 2.30. The lowest BCUT2D eigenvalue weighted by Gasteiger charge is -2.21. The van der Waals surface area contributed by atoms with Crippen molar-refractivity contribution < 1.29 is 0 Å². The van der Waals surface area contributed by atoms with Gasteiger partial charge in [-0.05, 0) is 13.8 Å². The first-order valence-electron chi connectivity index (χ1n) is 5.64. The van der Waals surface area contributed by atoms with E-state index in [9.17, 15) is 0 Å². The Morgan fingerprint density at radius 3 is 1.53 bits per heavy atom. The van der Waals surface area contributed by atoms with Crippen molar-refractivity contribution >= 4 is 11.4 Å². The topological polar surface area (TPSA) is 47.7 Å². The van der Waals surface area contributed by atoms with Gasteiger partial charge >= 0.3 is 0 Å². The summed E-state index contributed by atoms with van der Waals surface area (Å²) < 4.78 is 0. The third kappa shape index (κ3) is 2.26. The molecule has 0 fully saturated rings. The summed E-state index contributed by atoms with van der Waals surface area (Å²) in [4.78, 5) is 0. The Morgan fingerprint density at radius 2 is 1.24 bits per heavy atom. The molecule has 17 heavy (non-hydrogen) atoms. The zero-order chi connectivity index (χ0) is 12.5. The van der Waals surface area contributed by atoms with Gasteiger partial charge in [-0.1, -0.05) is 0 Å². The summed E-state index contributed by atoms with van der Waals surface area (Å²) in [5, 5.41) is 15.0. The van der Waals surface area contributed by atoms with Gasteiger partial charge in [0.25, 0.3) is 0 Å². The van der Waals surface area contributed by atoms with Gasteiger partial charge in [-0.2, -0.15) is 0 Å². The van der Waals surface area contributed by atoms with Gasteiger partial charge in [0, 0.05) is 0 Å². The van der Waals surface area contributed by atoms with Crippen molar-refractivity contribution in [2.24, 2.45) is 5.41 Å². The van der Waals surface area contributed by atoms with Crippen LogP contribution in [-0.4, -0.2) is 11.4 Å². The van der Waals surface area contributed by atoms with Crippen LogP contribution in [0.3, 0.4) is 0 Å². The van der Waals surface area contributed by atoms with Crippen LogP contribution >= 0.6 is 0 Å². The maximum Gasteiger partial charge on any atom is 0.165 e. The van der Waals surface area contributed by atoms with Crippen LogP contribution < -0.4 is 0 Å². The smallest absolute Gasteiger partial charge is 0.165 e. The Labute approximate surface area is 102 Å². The minimum atomic E-state index is -0.0958. The molecule has 0 saturated carbocycles. The van der Waals surface area contributed by atoms with Gasteiger partial charge in [-0.25, -0.2) is 0 Å². The van der Waals surface area contributed by atoms with Crippen molar-refractivity contribution in [1.29, 1.82) is 10.8 Å². The first-order chi connectivity index (χ1) is 8.00. The van der Waals surface area contributed by atoms with Gasteiger partial charge in [-0.15, -0.1) is 0 Å². The Bertz CT molecular complexity index is 441. The van der Waals surface area contributed by atoms with Crippen LogP contribution in [0.15, 0.2) is 47.6 Å². The molecule has 0 saturated heterocycles. The van der Waals surface area contributed by atoms with Crippen LogP contribution in [0.25, 0.3) is 0 Å². The zero-order valence-electron chi connectivity index (χ0n) is 10.1. The van der Waals surface area contributed by atoms with Crippen molar-refractivity contribution in [3.8, 4) is 0 Å². The molecule has 2 aliphatic rings. The summed E-state index contributed by atoms with van der Waals surface area (Å²) in [6.07, 6.45) is 15.2. The normalized spacial score (nSPS) is 19.4. The van der Waals surface area contributed by atoms with E-state index in [1.807, 2.05) is 49.3 Å². The highest BCUT2D eigenvalue weighted by Crippen LogP contribution is 2.38. The fourth-order valence-corrected chi connectivity index (χ4v) is 1.94. The third-order valence-corrected chi connectivity index (χ3v) is 3.21. The molecule has 0 bridgehead atoms. The number of hydrogen-bond acceptors (Lipinski definition) is 2. The summed E-state index contributed by atoms with van der Waals surface area (Å²) in [6.45, 7) is 4.32. The predicted molar refractivity (Wildman–Crippen MR) is 72.3 cm³/mol. The Hall–Kier alpha value is -1.96. The molecule has 0 aliphatic heterocycles. The molecule has 0 aromatic rings. The second kappa shape index (κ2) is 4.13. The van der Waals surface area contributed by atoms with Crippen LogP contribution in [0.2, 0.25) is 0 Å². The average molecular weight is 224 g/mol. The molecule has 0 aromatic heterocycles. The van der Waals surface area contributed by atoms with Crippen molar-refractivity contribution in [3.63, 3.8) is 0 Å². The first-order valence-corrected chi connectivity index (χ1v) is 5.64. The molecule has 0 atom stereocenters. The van der Waals surface area contributed by atoms with Gasteiger partial charge in [-0.3, -0.25) is 10.8 Å². The minimum Gasteiger partial charge on any atom is -0.275 e. The Morgan fingerprint density at radius 1 is 0.824 bits per heavy atom. The molecule has 0 spiro atoms. The van der Waals surface area contributed by atoms with Crippen LogP contribution in [0.1, 0.15) is 13.8 Å². The highest BCUT2D eigenvalue weighted by atomic mass is 14.4. The van der Waals surface area contributed by atoms with E-state index in [0.29, 0.717) is 11.4 Å². The van der Waals surface area contributed by atoms with Crippen LogP contribution in [0, 0.1) is 29.1 Å². The van der Waals surface area contributed by atoms with Gasteiger partial charge in [0.2, 0.25) is 0 Å². The quantitative estimate of drug-likeness (QED) is 0.675. The lowest BCUT2D eigenvalue weighted by atomic mass is 9.73. The Kier molecular flexibility index (Phi) is 2.80. The molecule has 2 N–H and O–H groups in total. The van der Waals surface area contributed by atoms with E-state index in [0.717, 1.165) is 0 Å². The van der Waals surface area contributed by atoms with Gasteiger partial charge in [0.15, 0.2) is 11.4 Å². The largest absolute Gasteiger partial charge is 0.275 e. The van der Waals surface area contributed by atoms with E-state index in [-0.39, 0.29) is 5.41 Å². The van der Waals surface area contributed by atoms with Gasteiger partial charge in [0.1, 0.15) is 5.41 Å². The highest BCUT2D eigenvalue weighted by Gasteiger charge is 2.36. The lowest BCUT2D eigenvalue weighted by molar-refractivity contribution is 0.565. The third-order valence-electron chi connectivity index (χ3n) is 3.21. The molecule has 2 aliphatic carbocycles. The summed E-state index contributed by atoms with van der Waals surface area (Å²) in [5.74, 6) is 0. The first kappa shape index (κ1) is 11.5. The lowest BCUT2D eigenvalue weighted by Crippen LogP contribution is -2.20. The molecule has 2 rings (SSSR count). The number of nitrogens with one attached hydrogen (secondary N) is 2. The fraction of sp³-hybridized carbons (Fsp3) is 0.200. The fourth-order valence-electron chi connectivity index (χ4n) is 1.94. The molecule has 0 radical (unpaired) electrons. The number of allylic oxidation sites excluding steroid dienone is 8. The van der Waals surface area contributed by atoms with Crippen LogP contribution in [0.4, 0.5) is 0 Å². The molecule has 2 heteroatoms. The van der Waals surface area contributed by atoms with E-state index in [2.05, 4.69) is 13.8 Å². The zero-order valence-corrected chi connectivity index (χ0v) is 10.1. The van der Waals surface area contributed by atoms with Gasteiger partial charge in [0.05, 0.1) is 60.4 Å². The Balaban J connectivity index is 2.26. The SMILES string of the molecule is CC(C)(C1=C[CH+]C(=N)C=C1)C1=C[CH+]C(=N)C=C1. The monoisotopic (exact) mass is 224 g/mol. The van der Waals surface area contributed by atoms with E-state index in [4.69, 9.17) is 10.8 Å². The molecule has 0 aromatic carbocycles. The standard InChI is InChI=1S/C15H16N2/c1-15(2,11-3-7-13(16)8-4-11)12-5-9-14(17)10-6-12/h3-10,16-17H,1-2H3/q+2. The molecule has 0 unspecified atom stereocenters. The molecule has 2 nitrogen and oxygen atoms in total. The summed E-state index contributed by atoms with van der Waals surface area (Å²) in [7, 11) is 0. The maximum atomic E-state index is 7.50. The van der Waals surface area contributed by atoms with Crippen LogP contribution in [-0.2, 0) is 0 Å². The van der Waals surface area contributed by atoms with Crippen molar-refractivity contribution in [3.05, 3.63) is 60.4 Å². The summed E-state index contributed by atoms with van der Waals surface area (Å²) >= 11 is 0. The van der Waals surface area contributed by atoms with E-state index < -0.39 is 0 Å². The molecular formula is C15H16N2+2. The van der Waals surface area contributed by atoms with E-state index in [1.54, 1.807) is 0 Å². The van der Waals surface area contributed by atoms with E-state index >= 15 is 0 Å². The minimum absolute atomic E-state index is 0.0958. The second-order valence-corrected chi connectivity index (χ2v) is 4.78. The van der Waals surface area contributed by atoms with E-state index in [1.165, 1.54) is 11.1 Å². The molecule has 0 heterocycles. The van der Waals surface area contributed by atoms with Crippen molar-refractivity contribution in [1.82, 2.24) is 0 Å². The summed E-state index contributed by atoms with van der Waals surface area (Å²) in [5.41, 5.74) is 3.34. The van der Waals surface area contributed by atoms with Crippen molar-refractivity contribution in [2.75, 3.05) is 0 Å². The second-order valence-electron chi connectivity index (χ2n) is 4.78. The molecule has 0 amide bonds. The highest BCUT2D eigenvalue weighted by molar-refractivity contribution is 6.03. The molecule has 84 valence electrons. The summed E-state index contributed by atoms with van der Waals surface area (Å²) in [6, 6.07) is 0. The number of hydrogen-bond donors (Lipinski definition) is 2. The maximum absolute atomic E-state index is 7.50. The van der Waals surface area contributed by atoms with Gasteiger partial charge < -0.3 is 0 Å². The van der Waals surface area contributed by atoms with Crippen molar-refractivity contribution in [2.45, 2.75) is 13.8 Å². The number of rotatable bonds is 2.